The molecule has 56 valence electrons. The third-order valence-corrected chi connectivity index (χ3v) is 0.192. The van der Waals surface area contributed by atoms with E-state index in [0.717, 1.165) is 0 Å². The molecule has 0 aliphatic heterocycles. The Morgan fingerprint density at radius 3 is 1.56 bits per heavy atom. The smallest absolute Gasteiger partial charge is 0.127 e. The summed E-state index contributed by atoms with van der Waals surface area (Å²) < 4.78 is 0. The molecule has 0 aliphatic rings. The molecule has 9 heavy (non-hydrogen) atoms. The maximum atomic E-state index is 9.17. The van der Waals surface area contributed by atoms with Gasteiger partial charge in [0.1, 0.15) is 12.6 Å². The van der Waals surface area contributed by atoms with Gasteiger partial charge in [0.25, 0.3) is 0 Å². The van der Waals surface area contributed by atoms with Crippen LogP contribution in [-0.2, 0) is 9.59 Å². The highest BCUT2D eigenvalue weighted by Gasteiger charge is 1.65. The van der Waals surface area contributed by atoms with Crippen LogP contribution in [0.2, 0.25) is 0 Å². The van der Waals surface area contributed by atoms with Crippen LogP contribution in [-0.4, -0.2) is 24.3 Å². The molecule has 0 spiro atoms. The summed E-state index contributed by atoms with van der Waals surface area (Å²) >= 11 is 0. The number of carbonyl (C=O) groups excluding carboxylic acids is 2. The van der Waals surface area contributed by atoms with Gasteiger partial charge in [0.2, 0.25) is 0 Å². The molecule has 0 rings (SSSR count). The summed E-state index contributed by atoms with van der Waals surface area (Å²) in [6.45, 7) is 1.93. The molecule has 0 unspecified atom stereocenters. The zero-order chi connectivity index (χ0) is 6.83. The van der Waals surface area contributed by atoms with Crippen LogP contribution >= 0.6 is 12.4 Å². The predicted molar refractivity (Wildman–Crippen MR) is 36.8 cm³/mol. The molecule has 0 aliphatic carbocycles. The SMILES string of the molecule is CCO.Cl.O=CCC=O. The van der Waals surface area contributed by atoms with Crippen LogP contribution in [0.25, 0.3) is 0 Å². The minimum atomic E-state index is 0. The Bertz CT molecular complexity index is 50.2. The standard InChI is InChI=1S/C3H4O2.C2H6O.ClH/c4-2-1-3-5;1-2-3;/h2-3H,1H2;3H,2H2,1H3;1H. The maximum Gasteiger partial charge on any atom is 0.127 e. The average molecular weight is 155 g/mol. The number of carbonyl (C=O) groups is 2. The van der Waals surface area contributed by atoms with Crippen molar-refractivity contribution in [3.8, 4) is 0 Å². The summed E-state index contributed by atoms with van der Waals surface area (Å²) in [6, 6.07) is 0. The van der Waals surface area contributed by atoms with Crippen molar-refractivity contribution in [1.82, 2.24) is 0 Å². The predicted octanol–water partition coefficient (Wildman–Crippen LogP) is 0.195. The molecule has 0 aromatic heterocycles. The molecule has 1 N–H and O–H groups in total. The molecule has 4 heteroatoms. The molecule has 0 aromatic carbocycles. The van der Waals surface area contributed by atoms with E-state index in [1.165, 1.54) is 0 Å². The van der Waals surface area contributed by atoms with E-state index in [1.807, 2.05) is 0 Å². The first kappa shape index (κ1) is 15.8. The lowest BCUT2D eigenvalue weighted by Crippen LogP contribution is -1.69. The van der Waals surface area contributed by atoms with Crippen LogP contribution in [0.1, 0.15) is 13.3 Å². The Morgan fingerprint density at radius 2 is 1.56 bits per heavy atom. The van der Waals surface area contributed by atoms with E-state index in [1.54, 1.807) is 6.92 Å². The van der Waals surface area contributed by atoms with Crippen LogP contribution in [0, 0.1) is 0 Å². The number of halogens is 1. The summed E-state index contributed by atoms with van der Waals surface area (Å²) in [5, 5.41) is 7.57. The van der Waals surface area contributed by atoms with E-state index >= 15 is 0 Å². The first-order valence-corrected chi connectivity index (χ1v) is 2.31. The molecule has 0 bridgehead atoms. The Morgan fingerprint density at radius 1 is 1.33 bits per heavy atom. The Balaban J connectivity index is -0.0000000800. The molecule has 0 heterocycles. The third kappa shape index (κ3) is 93.8. The van der Waals surface area contributed by atoms with Crippen LogP contribution in [0.4, 0.5) is 0 Å². The van der Waals surface area contributed by atoms with Gasteiger partial charge in [0, 0.05) is 6.61 Å². The average Bonchev–Trinajstić information content (AvgIpc) is 1.71. The lowest BCUT2D eigenvalue weighted by molar-refractivity contribution is -0.114. The van der Waals surface area contributed by atoms with Gasteiger partial charge in [0.15, 0.2) is 0 Å². The molecule has 0 radical (unpaired) electrons. The van der Waals surface area contributed by atoms with Gasteiger partial charge in [-0.2, -0.15) is 0 Å². The molecule has 0 fully saturated rings. The summed E-state index contributed by atoms with van der Waals surface area (Å²) in [4.78, 5) is 18.3. The number of aliphatic hydroxyl groups excluding tert-OH is 1. The minimum absolute atomic E-state index is 0. The van der Waals surface area contributed by atoms with Crippen molar-refractivity contribution in [2.45, 2.75) is 13.3 Å². The topological polar surface area (TPSA) is 54.4 Å². The van der Waals surface area contributed by atoms with Gasteiger partial charge in [-0.25, -0.2) is 0 Å². The summed E-state index contributed by atoms with van der Waals surface area (Å²) in [7, 11) is 0. The molecule has 0 atom stereocenters. The normalized spacial score (nSPS) is 5.56. The van der Waals surface area contributed by atoms with Crippen LogP contribution in [0.3, 0.4) is 0 Å². The number of hydrogen-bond acceptors (Lipinski definition) is 3. The van der Waals surface area contributed by atoms with Crippen molar-refractivity contribution in [3.63, 3.8) is 0 Å². The van der Waals surface area contributed by atoms with Crippen LogP contribution < -0.4 is 0 Å². The fraction of sp³-hybridized carbons (Fsp3) is 0.600. The van der Waals surface area contributed by atoms with Gasteiger partial charge in [-0.3, -0.25) is 0 Å². The van der Waals surface area contributed by atoms with Crippen LogP contribution in [0.5, 0.6) is 0 Å². The Kier molecular flexibility index (Phi) is 45.0. The van der Waals surface area contributed by atoms with E-state index in [2.05, 4.69) is 0 Å². The van der Waals surface area contributed by atoms with Gasteiger partial charge in [-0.1, -0.05) is 0 Å². The van der Waals surface area contributed by atoms with Gasteiger partial charge in [-0.05, 0) is 6.92 Å². The van der Waals surface area contributed by atoms with E-state index in [-0.39, 0.29) is 25.4 Å². The van der Waals surface area contributed by atoms with E-state index in [9.17, 15) is 9.59 Å². The molecule has 0 aromatic rings. The van der Waals surface area contributed by atoms with Crippen molar-refractivity contribution >= 4 is 25.0 Å². The highest BCUT2D eigenvalue weighted by molar-refractivity contribution is 5.85. The summed E-state index contributed by atoms with van der Waals surface area (Å²) in [5.74, 6) is 0. The highest BCUT2D eigenvalue weighted by Crippen LogP contribution is 1.50. The first-order valence-electron chi connectivity index (χ1n) is 2.31. The number of hydrogen-bond donors (Lipinski definition) is 1. The van der Waals surface area contributed by atoms with Crippen molar-refractivity contribution in [1.29, 1.82) is 0 Å². The van der Waals surface area contributed by atoms with E-state index < -0.39 is 0 Å². The maximum absolute atomic E-state index is 9.17. The number of aliphatic hydroxyl groups is 1. The second-order valence-corrected chi connectivity index (χ2v) is 0.885. The third-order valence-electron chi connectivity index (χ3n) is 0.192. The monoisotopic (exact) mass is 154 g/mol. The summed E-state index contributed by atoms with van der Waals surface area (Å²) in [6.07, 6.45) is 1.15. The van der Waals surface area contributed by atoms with E-state index in [4.69, 9.17) is 5.11 Å². The molecular formula is C5H11ClO3. The molecule has 0 saturated carbocycles. The largest absolute Gasteiger partial charge is 0.397 e. The molecule has 3 nitrogen and oxygen atoms in total. The quantitative estimate of drug-likeness (QED) is 0.457. The van der Waals surface area contributed by atoms with Gasteiger partial charge < -0.3 is 14.7 Å². The van der Waals surface area contributed by atoms with Crippen LogP contribution in [0.15, 0.2) is 0 Å². The first-order chi connectivity index (χ1) is 3.83. The fourth-order valence-corrected chi connectivity index (χ4v) is 0.0393. The van der Waals surface area contributed by atoms with Crippen molar-refractivity contribution in [2.24, 2.45) is 0 Å². The van der Waals surface area contributed by atoms with Crippen molar-refractivity contribution < 1.29 is 14.7 Å². The summed E-state index contributed by atoms with van der Waals surface area (Å²) in [5.41, 5.74) is 0. The molecule has 0 saturated heterocycles. The highest BCUT2D eigenvalue weighted by atomic mass is 35.5. The van der Waals surface area contributed by atoms with Gasteiger partial charge in [-0.15, -0.1) is 12.4 Å². The van der Waals surface area contributed by atoms with Gasteiger partial charge >= 0.3 is 0 Å². The second kappa shape index (κ2) is 25.6. The lowest BCUT2D eigenvalue weighted by Gasteiger charge is -1.53. The van der Waals surface area contributed by atoms with Gasteiger partial charge in [0.05, 0.1) is 6.42 Å². The van der Waals surface area contributed by atoms with E-state index in [0.29, 0.717) is 12.6 Å². The zero-order valence-corrected chi connectivity index (χ0v) is 6.06. The Hall–Kier alpha value is -0.410. The minimum Gasteiger partial charge on any atom is -0.397 e. The molecule has 0 amide bonds. The number of rotatable bonds is 2. The fourth-order valence-electron chi connectivity index (χ4n) is 0.0393. The second-order valence-electron chi connectivity index (χ2n) is 0.885. The zero-order valence-electron chi connectivity index (χ0n) is 5.24. The van der Waals surface area contributed by atoms with Crippen molar-refractivity contribution in [2.75, 3.05) is 6.61 Å². The lowest BCUT2D eigenvalue weighted by atomic mass is 10.6. The Labute approximate surface area is 60.5 Å². The molecular weight excluding hydrogens is 144 g/mol. The van der Waals surface area contributed by atoms with Crippen molar-refractivity contribution in [3.05, 3.63) is 0 Å². The number of aldehydes is 2.